The van der Waals surface area contributed by atoms with E-state index in [4.69, 9.17) is 0 Å². The third-order valence-electron chi connectivity index (χ3n) is 4.66. The van der Waals surface area contributed by atoms with E-state index in [2.05, 4.69) is 25.5 Å². The van der Waals surface area contributed by atoms with Gasteiger partial charge in [-0.15, -0.1) is 0 Å². The van der Waals surface area contributed by atoms with Gasteiger partial charge in [-0.3, -0.25) is 4.79 Å². The minimum absolute atomic E-state index is 0.105. The van der Waals surface area contributed by atoms with Gasteiger partial charge < -0.3 is 15.5 Å². The molecule has 2 heterocycles. The van der Waals surface area contributed by atoms with Gasteiger partial charge in [0, 0.05) is 42.4 Å². The summed E-state index contributed by atoms with van der Waals surface area (Å²) in [7, 11) is 0. The van der Waals surface area contributed by atoms with Gasteiger partial charge in [0.05, 0.1) is 0 Å². The third-order valence-corrected chi connectivity index (χ3v) is 4.66. The molecule has 1 aliphatic rings. The van der Waals surface area contributed by atoms with Crippen LogP contribution in [-0.4, -0.2) is 29.0 Å². The lowest BCUT2D eigenvalue weighted by Crippen LogP contribution is -2.18. The Balaban J connectivity index is 1.43. The molecule has 1 amide bonds. The Bertz CT molecular complexity index is 1020. The Morgan fingerprint density at radius 1 is 0.931 bits per heavy atom. The summed E-state index contributed by atoms with van der Waals surface area (Å²) >= 11 is 0. The van der Waals surface area contributed by atoms with Gasteiger partial charge in [-0.25, -0.2) is 18.7 Å². The summed E-state index contributed by atoms with van der Waals surface area (Å²) in [5, 5.41) is 5.55. The largest absolute Gasteiger partial charge is 0.372 e. The fourth-order valence-corrected chi connectivity index (χ4v) is 3.17. The summed E-state index contributed by atoms with van der Waals surface area (Å²) in [4.78, 5) is 23.0. The van der Waals surface area contributed by atoms with E-state index in [1.54, 1.807) is 0 Å². The topological polar surface area (TPSA) is 70.2 Å². The Morgan fingerprint density at radius 2 is 1.66 bits per heavy atom. The second-order valence-corrected chi connectivity index (χ2v) is 6.71. The first-order valence-corrected chi connectivity index (χ1v) is 9.30. The van der Waals surface area contributed by atoms with Crippen molar-refractivity contribution in [3.63, 3.8) is 0 Å². The standard InChI is InChI=1S/C21H19F2N5O/c22-17-8-5-15(13-18(17)23)26-21-24-10-9-19(27-21)20(29)25-14-3-6-16(7-4-14)28-11-1-2-12-28/h3-10,13H,1-2,11-12H2,(H,25,29)(H,24,26,27). The number of halogens is 2. The molecule has 1 fully saturated rings. The monoisotopic (exact) mass is 395 g/mol. The number of aromatic nitrogens is 2. The van der Waals surface area contributed by atoms with E-state index in [1.165, 1.54) is 31.2 Å². The summed E-state index contributed by atoms with van der Waals surface area (Å²) in [5.41, 5.74) is 2.22. The van der Waals surface area contributed by atoms with E-state index in [1.807, 2.05) is 24.3 Å². The van der Waals surface area contributed by atoms with E-state index in [-0.39, 0.29) is 17.3 Å². The van der Waals surface area contributed by atoms with Gasteiger partial charge in [0.2, 0.25) is 5.95 Å². The van der Waals surface area contributed by atoms with Gasteiger partial charge in [0.1, 0.15) is 5.69 Å². The highest BCUT2D eigenvalue weighted by Gasteiger charge is 2.13. The van der Waals surface area contributed by atoms with Crippen LogP contribution in [0, 0.1) is 11.6 Å². The van der Waals surface area contributed by atoms with Crippen molar-refractivity contribution >= 4 is 28.9 Å². The summed E-state index contributed by atoms with van der Waals surface area (Å²) in [6, 6.07) is 12.5. The Labute approximate surface area is 166 Å². The molecule has 0 aliphatic carbocycles. The van der Waals surface area contributed by atoms with Crippen LogP contribution in [0.25, 0.3) is 0 Å². The lowest BCUT2D eigenvalue weighted by atomic mass is 10.2. The molecule has 29 heavy (non-hydrogen) atoms. The molecule has 3 aromatic rings. The fraction of sp³-hybridized carbons (Fsp3) is 0.190. The second-order valence-electron chi connectivity index (χ2n) is 6.71. The highest BCUT2D eigenvalue weighted by Crippen LogP contribution is 2.22. The number of hydrogen-bond donors (Lipinski definition) is 2. The first-order valence-electron chi connectivity index (χ1n) is 9.30. The number of carbonyl (C=O) groups excluding carboxylic acids is 1. The zero-order valence-electron chi connectivity index (χ0n) is 15.5. The molecular weight excluding hydrogens is 376 g/mol. The number of hydrogen-bond acceptors (Lipinski definition) is 5. The number of carbonyl (C=O) groups is 1. The van der Waals surface area contributed by atoms with Gasteiger partial charge in [-0.2, -0.15) is 0 Å². The van der Waals surface area contributed by atoms with Crippen LogP contribution >= 0.6 is 0 Å². The SMILES string of the molecule is O=C(Nc1ccc(N2CCCC2)cc1)c1ccnc(Nc2ccc(F)c(F)c2)n1. The number of nitrogens with one attached hydrogen (secondary N) is 2. The zero-order chi connectivity index (χ0) is 20.2. The molecule has 1 aliphatic heterocycles. The van der Waals surface area contributed by atoms with Crippen LogP contribution in [-0.2, 0) is 0 Å². The van der Waals surface area contributed by atoms with Gasteiger partial charge >= 0.3 is 0 Å². The third kappa shape index (κ3) is 4.48. The predicted molar refractivity (Wildman–Crippen MR) is 108 cm³/mol. The van der Waals surface area contributed by atoms with E-state index in [0.717, 1.165) is 30.9 Å². The molecule has 0 unspecified atom stereocenters. The maximum absolute atomic E-state index is 13.3. The fourth-order valence-electron chi connectivity index (χ4n) is 3.17. The minimum Gasteiger partial charge on any atom is -0.372 e. The summed E-state index contributed by atoms with van der Waals surface area (Å²) in [6.45, 7) is 2.11. The normalized spacial score (nSPS) is 13.4. The van der Waals surface area contributed by atoms with E-state index in [0.29, 0.717) is 5.69 Å². The van der Waals surface area contributed by atoms with Crippen LogP contribution < -0.4 is 15.5 Å². The zero-order valence-corrected chi connectivity index (χ0v) is 15.5. The van der Waals surface area contributed by atoms with Crippen molar-refractivity contribution in [2.75, 3.05) is 28.6 Å². The molecule has 6 nitrogen and oxygen atoms in total. The van der Waals surface area contributed by atoms with Crippen molar-refractivity contribution in [3.05, 3.63) is 72.1 Å². The average molecular weight is 395 g/mol. The lowest BCUT2D eigenvalue weighted by Gasteiger charge is -2.17. The van der Waals surface area contributed by atoms with Crippen LogP contribution in [0.1, 0.15) is 23.3 Å². The quantitative estimate of drug-likeness (QED) is 0.672. The Morgan fingerprint density at radius 3 is 2.38 bits per heavy atom. The van der Waals surface area contributed by atoms with Gasteiger partial charge in [-0.1, -0.05) is 0 Å². The number of nitrogens with zero attached hydrogens (tertiary/aromatic N) is 3. The molecular formula is C21H19F2N5O. The average Bonchev–Trinajstić information content (AvgIpc) is 3.26. The van der Waals surface area contributed by atoms with Crippen molar-refractivity contribution in [2.24, 2.45) is 0 Å². The van der Waals surface area contributed by atoms with Crippen LogP contribution in [0.2, 0.25) is 0 Å². The predicted octanol–water partition coefficient (Wildman–Crippen LogP) is 4.35. The molecule has 0 saturated carbocycles. The number of anilines is 4. The molecule has 0 radical (unpaired) electrons. The summed E-state index contributed by atoms with van der Waals surface area (Å²) in [6.07, 6.45) is 3.82. The molecule has 1 aromatic heterocycles. The smallest absolute Gasteiger partial charge is 0.274 e. The van der Waals surface area contributed by atoms with Crippen molar-refractivity contribution in [1.29, 1.82) is 0 Å². The molecule has 0 bridgehead atoms. The summed E-state index contributed by atoms with van der Waals surface area (Å²) < 4.78 is 26.4. The van der Waals surface area contributed by atoms with Gasteiger partial charge in [0.25, 0.3) is 5.91 Å². The number of rotatable bonds is 5. The molecule has 148 valence electrons. The van der Waals surface area contributed by atoms with Crippen LogP contribution in [0.3, 0.4) is 0 Å². The Hall–Kier alpha value is -3.55. The van der Waals surface area contributed by atoms with E-state index in [9.17, 15) is 13.6 Å². The van der Waals surface area contributed by atoms with E-state index >= 15 is 0 Å². The van der Waals surface area contributed by atoms with Gasteiger partial charge in [-0.05, 0) is 55.3 Å². The molecule has 8 heteroatoms. The maximum atomic E-state index is 13.3. The second kappa shape index (κ2) is 8.22. The van der Waals surface area contributed by atoms with E-state index < -0.39 is 17.5 Å². The minimum atomic E-state index is -0.985. The van der Waals surface area contributed by atoms with Crippen molar-refractivity contribution in [2.45, 2.75) is 12.8 Å². The van der Waals surface area contributed by atoms with Gasteiger partial charge in [0.15, 0.2) is 11.6 Å². The van der Waals surface area contributed by atoms with Crippen LogP contribution in [0.5, 0.6) is 0 Å². The number of benzene rings is 2. The lowest BCUT2D eigenvalue weighted by molar-refractivity contribution is 0.102. The first kappa shape index (κ1) is 18.8. The molecule has 0 atom stereocenters. The summed E-state index contributed by atoms with van der Waals surface area (Å²) in [5.74, 6) is -2.22. The maximum Gasteiger partial charge on any atom is 0.274 e. The van der Waals surface area contributed by atoms with Crippen molar-refractivity contribution < 1.29 is 13.6 Å². The van der Waals surface area contributed by atoms with Crippen LogP contribution in [0.4, 0.5) is 31.8 Å². The molecule has 2 N–H and O–H groups in total. The first-order chi connectivity index (χ1) is 14.1. The Kier molecular flexibility index (Phi) is 5.33. The highest BCUT2D eigenvalue weighted by molar-refractivity contribution is 6.03. The molecule has 2 aromatic carbocycles. The number of amides is 1. The molecule has 4 rings (SSSR count). The highest BCUT2D eigenvalue weighted by atomic mass is 19.2. The van der Waals surface area contributed by atoms with Crippen molar-refractivity contribution in [3.8, 4) is 0 Å². The van der Waals surface area contributed by atoms with Crippen molar-refractivity contribution in [1.82, 2.24) is 9.97 Å². The van der Waals surface area contributed by atoms with Crippen LogP contribution in [0.15, 0.2) is 54.7 Å². The molecule has 1 saturated heterocycles. The molecule has 0 spiro atoms.